The van der Waals surface area contributed by atoms with Crippen LogP contribution in [0.3, 0.4) is 0 Å². The minimum absolute atomic E-state index is 0.0648. The summed E-state index contributed by atoms with van der Waals surface area (Å²) in [7, 11) is 1.47. The number of benzene rings is 1. The van der Waals surface area contributed by atoms with Crippen molar-refractivity contribution in [3.8, 4) is 11.4 Å². The first kappa shape index (κ1) is 12.9. The maximum absolute atomic E-state index is 10.8. The van der Waals surface area contributed by atoms with Crippen molar-refractivity contribution in [2.24, 2.45) is 5.73 Å². The average Bonchev–Trinajstić information content (AvgIpc) is 2.86. The minimum Gasteiger partial charge on any atom is -0.494 e. The van der Waals surface area contributed by atoms with Crippen LogP contribution < -0.4 is 10.5 Å². The van der Waals surface area contributed by atoms with Crippen LogP contribution in [0.1, 0.15) is 5.82 Å². The van der Waals surface area contributed by atoms with E-state index in [0.29, 0.717) is 30.2 Å². The van der Waals surface area contributed by atoms with Crippen molar-refractivity contribution in [2.45, 2.75) is 6.42 Å². The van der Waals surface area contributed by atoms with E-state index in [1.165, 1.54) is 30.0 Å². The van der Waals surface area contributed by atoms with E-state index in [0.717, 1.165) is 0 Å². The standard InChI is InChI=1S/C10H12N6O3/c1-19-9-3-2-7(16(17)18)6-8(9)15-10(4-5-11)12-13-14-15/h2-3,6H,4-5,11H2,1H3. The fourth-order valence-electron chi connectivity index (χ4n) is 1.64. The van der Waals surface area contributed by atoms with E-state index in [1.807, 2.05) is 0 Å². The Balaban J connectivity index is 2.55. The van der Waals surface area contributed by atoms with Crippen LogP contribution in [0.25, 0.3) is 5.69 Å². The highest BCUT2D eigenvalue weighted by molar-refractivity contribution is 5.53. The van der Waals surface area contributed by atoms with Crippen LogP contribution in [0, 0.1) is 10.1 Å². The van der Waals surface area contributed by atoms with Crippen LogP contribution in [0.2, 0.25) is 0 Å². The molecule has 0 atom stereocenters. The minimum atomic E-state index is -0.490. The van der Waals surface area contributed by atoms with Gasteiger partial charge in [-0.15, -0.1) is 5.10 Å². The lowest BCUT2D eigenvalue weighted by molar-refractivity contribution is -0.384. The highest BCUT2D eigenvalue weighted by atomic mass is 16.6. The van der Waals surface area contributed by atoms with Gasteiger partial charge in [-0.3, -0.25) is 10.1 Å². The largest absolute Gasteiger partial charge is 0.494 e. The summed E-state index contributed by atoms with van der Waals surface area (Å²) in [6.07, 6.45) is 0.457. The molecular formula is C10H12N6O3. The van der Waals surface area contributed by atoms with Crippen molar-refractivity contribution >= 4 is 5.69 Å². The Bertz CT molecular complexity index is 597. The maximum Gasteiger partial charge on any atom is 0.271 e. The molecule has 0 amide bonds. The molecule has 0 saturated heterocycles. The molecule has 0 bridgehead atoms. The number of tetrazole rings is 1. The monoisotopic (exact) mass is 264 g/mol. The molecule has 0 aliphatic carbocycles. The Kier molecular flexibility index (Phi) is 3.66. The van der Waals surface area contributed by atoms with E-state index in [4.69, 9.17) is 10.5 Å². The molecule has 1 aromatic heterocycles. The van der Waals surface area contributed by atoms with E-state index in [2.05, 4.69) is 15.5 Å². The van der Waals surface area contributed by atoms with Gasteiger partial charge < -0.3 is 10.5 Å². The molecule has 1 heterocycles. The molecule has 0 unspecified atom stereocenters. The molecule has 0 aliphatic rings. The molecule has 1 aromatic carbocycles. The van der Waals surface area contributed by atoms with Gasteiger partial charge in [0, 0.05) is 18.6 Å². The summed E-state index contributed by atoms with van der Waals surface area (Å²) < 4.78 is 6.55. The third-order valence-electron chi connectivity index (χ3n) is 2.50. The lowest BCUT2D eigenvalue weighted by Crippen LogP contribution is -2.11. The molecule has 9 nitrogen and oxygen atoms in total. The highest BCUT2D eigenvalue weighted by Gasteiger charge is 2.16. The molecule has 2 rings (SSSR count). The van der Waals surface area contributed by atoms with Gasteiger partial charge in [0.05, 0.1) is 12.0 Å². The number of methoxy groups -OCH3 is 1. The predicted octanol–water partition coefficient (Wildman–Crippen LogP) is 0.0803. The smallest absolute Gasteiger partial charge is 0.271 e. The Morgan fingerprint density at radius 2 is 2.32 bits per heavy atom. The lowest BCUT2D eigenvalue weighted by Gasteiger charge is -2.09. The number of ether oxygens (including phenoxy) is 1. The van der Waals surface area contributed by atoms with Gasteiger partial charge in [0.1, 0.15) is 11.4 Å². The van der Waals surface area contributed by atoms with Crippen molar-refractivity contribution in [3.05, 3.63) is 34.1 Å². The zero-order valence-electron chi connectivity index (χ0n) is 10.2. The van der Waals surface area contributed by atoms with Crippen molar-refractivity contribution in [2.75, 3.05) is 13.7 Å². The van der Waals surface area contributed by atoms with Gasteiger partial charge in [0.25, 0.3) is 5.69 Å². The Morgan fingerprint density at radius 3 is 2.95 bits per heavy atom. The molecule has 2 aromatic rings. The van der Waals surface area contributed by atoms with E-state index in [1.54, 1.807) is 0 Å². The highest BCUT2D eigenvalue weighted by Crippen LogP contribution is 2.27. The maximum atomic E-state index is 10.8. The van der Waals surface area contributed by atoms with Crippen molar-refractivity contribution < 1.29 is 9.66 Å². The first-order valence-electron chi connectivity index (χ1n) is 5.47. The van der Waals surface area contributed by atoms with E-state index in [9.17, 15) is 10.1 Å². The second kappa shape index (κ2) is 5.40. The summed E-state index contributed by atoms with van der Waals surface area (Å²) in [6, 6.07) is 4.21. The van der Waals surface area contributed by atoms with Gasteiger partial charge in [0.2, 0.25) is 0 Å². The van der Waals surface area contributed by atoms with Gasteiger partial charge >= 0.3 is 0 Å². The van der Waals surface area contributed by atoms with Gasteiger partial charge in [0.15, 0.2) is 5.82 Å². The molecule has 9 heteroatoms. The Hall–Kier alpha value is -2.55. The van der Waals surface area contributed by atoms with Crippen molar-refractivity contribution in [1.82, 2.24) is 20.2 Å². The molecule has 0 radical (unpaired) electrons. The first-order chi connectivity index (χ1) is 9.17. The average molecular weight is 264 g/mol. The molecule has 0 aliphatic heterocycles. The quantitative estimate of drug-likeness (QED) is 0.599. The number of non-ortho nitro benzene ring substituents is 1. The van der Waals surface area contributed by atoms with Crippen LogP contribution in [-0.4, -0.2) is 38.8 Å². The molecule has 2 N–H and O–H groups in total. The van der Waals surface area contributed by atoms with Gasteiger partial charge in [-0.2, -0.15) is 4.68 Å². The molecule has 19 heavy (non-hydrogen) atoms. The fourth-order valence-corrected chi connectivity index (χ4v) is 1.64. The summed E-state index contributed by atoms with van der Waals surface area (Å²) >= 11 is 0. The number of nitrogens with two attached hydrogens (primary N) is 1. The van der Waals surface area contributed by atoms with Crippen LogP contribution in [0.5, 0.6) is 5.75 Å². The van der Waals surface area contributed by atoms with E-state index >= 15 is 0 Å². The normalized spacial score (nSPS) is 10.4. The summed E-state index contributed by atoms with van der Waals surface area (Å²) in [5.74, 6) is 0.956. The summed E-state index contributed by atoms with van der Waals surface area (Å²) in [5, 5.41) is 22.0. The van der Waals surface area contributed by atoms with Crippen molar-refractivity contribution in [3.63, 3.8) is 0 Å². The van der Waals surface area contributed by atoms with Gasteiger partial charge in [-0.05, 0) is 23.0 Å². The van der Waals surface area contributed by atoms with Gasteiger partial charge in [-0.25, -0.2) is 0 Å². The van der Waals surface area contributed by atoms with Crippen molar-refractivity contribution in [1.29, 1.82) is 0 Å². The number of aromatic nitrogens is 4. The molecule has 0 fully saturated rings. The topological polar surface area (TPSA) is 122 Å². The number of hydrogen-bond donors (Lipinski definition) is 1. The number of nitrogens with zero attached hydrogens (tertiary/aromatic N) is 5. The number of hydrogen-bond acceptors (Lipinski definition) is 7. The SMILES string of the molecule is COc1ccc([N+](=O)[O-])cc1-n1nnnc1CCN. The van der Waals surface area contributed by atoms with E-state index < -0.39 is 4.92 Å². The Morgan fingerprint density at radius 1 is 1.53 bits per heavy atom. The second-order valence-corrected chi connectivity index (χ2v) is 3.66. The second-order valence-electron chi connectivity index (χ2n) is 3.66. The van der Waals surface area contributed by atoms with Crippen LogP contribution in [-0.2, 0) is 6.42 Å². The summed E-state index contributed by atoms with van der Waals surface area (Å²) in [6.45, 7) is 0.373. The molecule has 100 valence electrons. The molecule has 0 saturated carbocycles. The fraction of sp³-hybridized carbons (Fsp3) is 0.300. The summed E-state index contributed by atoms with van der Waals surface area (Å²) in [5.41, 5.74) is 5.81. The van der Waals surface area contributed by atoms with E-state index in [-0.39, 0.29) is 5.69 Å². The zero-order valence-corrected chi connectivity index (χ0v) is 10.2. The number of nitro benzene ring substituents is 1. The first-order valence-corrected chi connectivity index (χ1v) is 5.47. The Labute approximate surface area is 108 Å². The predicted molar refractivity (Wildman–Crippen MR) is 65.1 cm³/mol. The number of rotatable bonds is 5. The molecule has 0 spiro atoms. The van der Waals surface area contributed by atoms with Crippen LogP contribution in [0.15, 0.2) is 18.2 Å². The molecular weight excluding hydrogens is 252 g/mol. The number of nitro groups is 1. The summed E-state index contributed by atoms with van der Waals surface area (Å²) in [4.78, 5) is 10.3. The third kappa shape index (κ3) is 2.50. The van der Waals surface area contributed by atoms with Crippen LogP contribution >= 0.6 is 0 Å². The van der Waals surface area contributed by atoms with Crippen LogP contribution in [0.4, 0.5) is 5.69 Å². The van der Waals surface area contributed by atoms with Gasteiger partial charge in [-0.1, -0.05) is 0 Å². The lowest BCUT2D eigenvalue weighted by atomic mass is 10.2. The third-order valence-corrected chi connectivity index (χ3v) is 2.50. The zero-order chi connectivity index (χ0) is 13.8.